The smallest absolute Gasteiger partial charge is 0.416 e. The minimum absolute atomic E-state index is 0.0172. The number of benzene rings is 2. The van der Waals surface area contributed by atoms with E-state index >= 15 is 0 Å². The van der Waals surface area contributed by atoms with Crippen LogP contribution in [0.1, 0.15) is 31.2 Å². The number of hydrogen-bond donors (Lipinski definition) is 1. The number of nitrogens with zero attached hydrogens (tertiary/aromatic N) is 2. The van der Waals surface area contributed by atoms with Gasteiger partial charge in [-0.05, 0) is 42.8 Å². The summed E-state index contributed by atoms with van der Waals surface area (Å²) in [6.07, 6.45) is -4.58. The van der Waals surface area contributed by atoms with Gasteiger partial charge in [-0.3, -0.25) is 9.69 Å². The van der Waals surface area contributed by atoms with Crippen molar-refractivity contribution in [2.45, 2.75) is 13.1 Å². The highest BCUT2D eigenvalue weighted by atomic mass is 32.1. The molecule has 0 bridgehead atoms. The first kappa shape index (κ1) is 20.0. The van der Waals surface area contributed by atoms with Gasteiger partial charge in [0, 0.05) is 12.7 Å². The minimum atomic E-state index is -4.58. The fraction of sp³-hybridized carbons (Fsp3) is 0.143. The van der Waals surface area contributed by atoms with Crippen molar-refractivity contribution in [3.8, 4) is 0 Å². The number of carbonyl (C=O) groups is 2. The lowest BCUT2D eigenvalue weighted by molar-refractivity contribution is -0.137. The molecule has 2 heterocycles. The molecule has 0 saturated carbocycles. The lowest BCUT2D eigenvalue weighted by atomic mass is 10.1. The number of amides is 1. The van der Waals surface area contributed by atoms with E-state index in [0.717, 1.165) is 23.5 Å². The van der Waals surface area contributed by atoms with Crippen molar-refractivity contribution in [1.82, 2.24) is 0 Å². The third-order valence-corrected chi connectivity index (χ3v) is 6.32. The van der Waals surface area contributed by atoms with Gasteiger partial charge in [-0.2, -0.15) is 13.2 Å². The summed E-state index contributed by atoms with van der Waals surface area (Å²) in [4.78, 5) is 28.0. The van der Waals surface area contributed by atoms with E-state index in [1.54, 1.807) is 42.3 Å². The third-order valence-electron chi connectivity index (χ3n) is 4.96. The maximum absolute atomic E-state index is 13.6. The molecule has 0 fully saturated rings. The Morgan fingerprint density at radius 1 is 1.07 bits per heavy atom. The van der Waals surface area contributed by atoms with Crippen LogP contribution in [0.5, 0.6) is 0 Å². The zero-order valence-electron chi connectivity index (χ0n) is 15.8. The van der Waals surface area contributed by atoms with Crippen molar-refractivity contribution in [1.29, 1.82) is 0 Å². The lowest BCUT2D eigenvalue weighted by Gasteiger charge is -2.26. The highest BCUT2D eigenvalue weighted by molar-refractivity contribution is 7.18. The van der Waals surface area contributed by atoms with Crippen molar-refractivity contribution in [3.63, 3.8) is 0 Å². The van der Waals surface area contributed by atoms with Crippen molar-refractivity contribution < 1.29 is 27.9 Å². The molecule has 1 aliphatic rings. The highest BCUT2D eigenvalue weighted by Gasteiger charge is 2.38. The molecular weight excluding hydrogens is 417 g/mol. The lowest BCUT2D eigenvalue weighted by Crippen LogP contribution is -2.26. The van der Waals surface area contributed by atoms with Crippen molar-refractivity contribution in [2.24, 2.45) is 0 Å². The number of hydrogen-bond acceptors (Lipinski definition) is 4. The molecular formula is C21H15F3N2O3S. The molecule has 2 aromatic carbocycles. The second-order valence-electron chi connectivity index (χ2n) is 6.78. The maximum atomic E-state index is 13.6. The Morgan fingerprint density at radius 2 is 1.73 bits per heavy atom. The minimum Gasteiger partial charge on any atom is -0.477 e. The van der Waals surface area contributed by atoms with E-state index in [-0.39, 0.29) is 21.7 Å². The van der Waals surface area contributed by atoms with Gasteiger partial charge in [0.2, 0.25) is 0 Å². The Balaban J connectivity index is 2.05. The number of alkyl halides is 3. The van der Waals surface area contributed by atoms with Crippen LogP contribution >= 0.6 is 11.3 Å². The number of rotatable bonds is 2. The Morgan fingerprint density at radius 3 is 2.33 bits per heavy atom. The van der Waals surface area contributed by atoms with E-state index in [9.17, 15) is 27.9 Å². The summed E-state index contributed by atoms with van der Waals surface area (Å²) < 4.78 is 40.2. The number of halogens is 3. The Bertz CT molecular complexity index is 1170. The van der Waals surface area contributed by atoms with Crippen LogP contribution in [-0.2, 0) is 6.18 Å². The first-order chi connectivity index (χ1) is 14.1. The number of carbonyl (C=O) groups excluding carboxylic acids is 1. The number of carboxylic acid groups (broad SMARTS) is 1. The number of aromatic carboxylic acids is 1. The van der Waals surface area contributed by atoms with Crippen molar-refractivity contribution in [3.05, 3.63) is 70.1 Å². The predicted molar refractivity (Wildman–Crippen MR) is 108 cm³/mol. The van der Waals surface area contributed by atoms with Crippen molar-refractivity contribution >= 4 is 45.3 Å². The number of fused-ring (bicyclic) bond motifs is 2. The van der Waals surface area contributed by atoms with Gasteiger partial charge >= 0.3 is 12.1 Å². The summed E-state index contributed by atoms with van der Waals surface area (Å²) in [7, 11) is 1.61. The fourth-order valence-corrected chi connectivity index (χ4v) is 4.63. The molecule has 1 amide bonds. The first-order valence-electron chi connectivity index (χ1n) is 8.82. The molecule has 3 aromatic rings. The Kier molecular flexibility index (Phi) is 4.58. The average molecular weight is 432 g/mol. The standard InChI is InChI=1S/C21H15F3N2O3S/c1-11-16-18(27)26(13-6-4-3-5-7-13)15-10-12(21(22,23)24)8-9-14(15)25(2)19(16)30-17(11)20(28)29/h3-10H,1-2H3,(H,28,29). The molecule has 154 valence electrons. The SMILES string of the molecule is Cc1c(C(=O)O)sc2c1C(=O)N(c1ccccc1)c1cc(C(F)(F)F)ccc1N2C. The van der Waals surface area contributed by atoms with Gasteiger partial charge < -0.3 is 10.0 Å². The molecule has 4 rings (SSSR count). The topological polar surface area (TPSA) is 60.9 Å². The number of thiophene rings is 1. The third kappa shape index (κ3) is 3.02. The predicted octanol–water partition coefficient (Wildman–Crippen LogP) is 5.83. The monoisotopic (exact) mass is 432 g/mol. The molecule has 30 heavy (non-hydrogen) atoms. The van der Waals surface area contributed by atoms with E-state index in [2.05, 4.69) is 0 Å². The molecule has 5 nitrogen and oxygen atoms in total. The number of carboxylic acids is 1. The van der Waals surface area contributed by atoms with Crippen LogP contribution < -0.4 is 9.80 Å². The largest absolute Gasteiger partial charge is 0.477 e. The zero-order chi connectivity index (χ0) is 21.8. The van der Waals surface area contributed by atoms with Crippen LogP contribution in [0, 0.1) is 6.92 Å². The van der Waals surface area contributed by atoms with Crippen LogP contribution in [-0.4, -0.2) is 24.0 Å². The van der Waals surface area contributed by atoms with Crippen molar-refractivity contribution in [2.75, 3.05) is 16.8 Å². The maximum Gasteiger partial charge on any atom is 0.416 e. The van der Waals surface area contributed by atoms with Crippen LogP contribution in [0.2, 0.25) is 0 Å². The van der Waals surface area contributed by atoms with E-state index < -0.39 is 23.6 Å². The molecule has 1 aliphatic heterocycles. The van der Waals surface area contributed by atoms with Crippen LogP contribution in [0.4, 0.5) is 35.2 Å². The normalized spacial score (nSPS) is 13.7. The fourth-order valence-electron chi connectivity index (χ4n) is 3.52. The van der Waals surface area contributed by atoms with E-state index in [1.807, 2.05) is 0 Å². The zero-order valence-corrected chi connectivity index (χ0v) is 16.6. The Hall–Kier alpha value is -3.33. The van der Waals surface area contributed by atoms with E-state index in [4.69, 9.17) is 0 Å². The Labute approximate surface area is 173 Å². The van der Waals surface area contributed by atoms with Gasteiger partial charge in [0.05, 0.1) is 22.5 Å². The van der Waals surface area contributed by atoms with Gasteiger partial charge in [-0.15, -0.1) is 11.3 Å². The molecule has 9 heteroatoms. The summed E-state index contributed by atoms with van der Waals surface area (Å²) in [5, 5.41) is 9.87. The van der Waals surface area contributed by atoms with Gasteiger partial charge in [0.25, 0.3) is 5.91 Å². The first-order valence-corrected chi connectivity index (χ1v) is 9.64. The summed E-state index contributed by atoms with van der Waals surface area (Å²) in [6.45, 7) is 1.53. The molecule has 1 aromatic heterocycles. The van der Waals surface area contributed by atoms with Crippen LogP contribution in [0.15, 0.2) is 48.5 Å². The molecule has 0 atom stereocenters. The molecule has 0 unspecified atom stereocenters. The molecule has 0 saturated heterocycles. The summed E-state index contributed by atoms with van der Waals surface area (Å²) in [6, 6.07) is 11.5. The van der Waals surface area contributed by atoms with Gasteiger partial charge in [-0.25, -0.2) is 4.79 Å². The van der Waals surface area contributed by atoms with Gasteiger partial charge in [0.15, 0.2) is 0 Å². The van der Waals surface area contributed by atoms with E-state index in [1.165, 1.54) is 17.9 Å². The van der Waals surface area contributed by atoms with Crippen LogP contribution in [0.25, 0.3) is 0 Å². The highest BCUT2D eigenvalue weighted by Crippen LogP contribution is 2.49. The van der Waals surface area contributed by atoms with Gasteiger partial charge in [-0.1, -0.05) is 18.2 Å². The summed E-state index contributed by atoms with van der Waals surface area (Å²) in [5.41, 5.74) is 0.376. The van der Waals surface area contributed by atoms with Gasteiger partial charge in [0.1, 0.15) is 9.88 Å². The molecule has 0 radical (unpaired) electrons. The average Bonchev–Trinajstić information content (AvgIpc) is 3.01. The second kappa shape index (κ2) is 6.88. The quantitative estimate of drug-likeness (QED) is 0.553. The second-order valence-corrected chi connectivity index (χ2v) is 7.78. The molecule has 0 aliphatic carbocycles. The molecule has 1 N–H and O–H groups in total. The number of anilines is 4. The van der Waals surface area contributed by atoms with Crippen LogP contribution in [0.3, 0.4) is 0 Å². The number of para-hydroxylation sites is 1. The summed E-state index contributed by atoms with van der Waals surface area (Å²) >= 11 is 0.922. The summed E-state index contributed by atoms with van der Waals surface area (Å²) in [5.74, 6) is -1.74. The molecule has 0 spiro atoms. The van der Waals surface area contributed by atoms with E-state index in [0.29, 0.717) is 16.4 Å².